The van der Waals surface area contributed by atoms with Gasteiger partial charge in [0.1, 0.15) is 5.78 Å². The van der Waals surface area contributed by atoms with Crippen LogP contribution in [0, 0.1) is 0 Å². The highest BCUT2D eigenvalue weighted by molar-refractivity contribution is 5.81. The number of ether oxygens (including phenoxy) is 1. The minimum absolute atomic E-state index is 0.254. The molecule has 0 spiro atoms. The van der Waals surface area contributed by atoms with Crippen LogP contribution in [0.15, 0.2) is 0 Å². The summed E-state index contributed by atoms with van der Waals surface area (Å²) in [6.45, 7) is 7.44. The zero-order chi connectivity index (χ0) is 11.5. The molecular weight excluding hydrogens is 194 g/mol. The number of carbonyl (C=O) groups is 1. The largest absolute Gasteiger partial charge is 0.367 e. The molecular formula is C11H21NO3. The minimum atomic E-state index is -0.809. The Morgan fingerprint density at radius 3 is 2.73 bits per heavy atom. The number of likely N-dealkylation sites (tertiary alicyclic amines) is 1. The molecule has 1 unspecified atom stereocenters. The summed E-state index contributed by atoms with van der Waals surface area (Å²) >= 11 is 0. The van der Waals surface area contributed by atoms with Gasteiger partial charge in [-0.05, 0) is 33.7 Å². The van der Waals surface area contributed by atoms with Gasteiger partial charge in [0, 0.05) is 13.0 Å². The Morgan fingerprint density at radius 1 is 1.53 bits per heavy atom. The van der Waals surface area contributed by atoms with Crippen molar-refractivity contribution in [2.75, 3.05) is 19.6 Å². The first-order valence-electron chi connectivity index (χ1n) is 5.47. The summed E-state index contributed by atoms with van der Waals surface area (Å²) in [7, 11) is 0. The van der Waals surface area contributed by atoms with Crippen LogP contribution in [0.3, 0.4) is 0 Å². The van der Waals surface area contributed by atoms with Gasteiger partial charge in [0.25, 0.3) is 0 Å². The molecule has 0 aliphatic carbocycles. The fourth-order valence-electron chi connectivity index (χ4n) is 1.73. The molecule has 1 aliphatic rings. The lowest BCUT2D eigenvalue weighted by Gasteiger charge is -2.30. The molecule has 0 bridgehead atoms. The predicted molar refractivity (Wildman–Crippen MR) is 57.5 cm³/mol. The van der Waals surface area contributed by atoms with Crippen molar-refractivity contribution in [3.05, 3.63) is 0 Å². The Balaban J connectivity index is 2.31. The van der Waals surface area contributed by atoms with Gasteiger partial charge in [-0.3, -0.25) is 9.69 Å². The number of aliphatic hydroxyl groups excluding tert-OH is 1. The fraction of sp³-hybridized carbons (Fsp3) is 0.909. The minimum Gasteiger partial charge on any atom is -0.367 e. The van der Waals surface area contributed by atoms with Gasteiger partial charge in [-0.25, -0.2) is 0 Å². The number of hydrogen-bond acceptors (Lipinski definition) is 4. The predicted octanol–water partition coefficient (Wildman–Crippen LogP) is 0.785. The molecule has 1 N–H and O–H groups in total. The van der Waals surface area contributed by atoms with Crippen molar-refractivity contribution >= 4 is 5.78 Å². The first-order valence-corrected chi connectivity index (χ1v) is 5.47. The van der Waals surface area contributed by atoms with E-state index in [0.717, 1.165) is 13.0 Å². The Morgan fingerprint density at radius 2 is 2.20 bits per heavy atom. The fourth-order valence-corrected chi connectivity index (χ4v) is 1.73. The van der Waals surface area contributed by atoms with Crippen molar-refractivity contribution in [3.63, 3.8) is 0 Å². The van der Waals surface area contributed by atoms with Gasteiger partial charge in [-0.1, -0.05) is 0 Å². The number of β-amino-alcohol motifs (C(OH)–C–C–N with tert-alkyl or cyclic N) is 1. The smallest absolute Gasteiger partial charge is 0.167 e. The maximum Gasteiger partial charge on any atom is 0.167 e. The average Bonchev–Trinajstić information content (AvgIpc) is 1.99. The molecule has 4 nitrogen and oxygen atoms in total. The molecule has 0 aromatic rings. The van der Waals surface area contributed by atoms with Crippen molar-refractivity contribution in [2.24, 2.45) is 0 Å². The lowest BCUT2D eigenvalue weighted by atomic mass is 10.1. The van der Waals surface area contributed by atoms with Crippen LogP contribution in [0.1, 0.15) is 33.6 Å². The van der Waals surface area contributed by atoms with E-state index in [1.54, 1.807) is 0 Å². The zero-order valence-corrected chi connectivity index (χ0v) is 9.82. The number of ketones is 1. The molecule has 0 aromatic carbocycles. The first-order chi connectivity index (χ1) is 6.87. The SMILES string of the molecule is CC(C)(C)OC(O)CN1CCCC(=O)C1. The number of nitrogens with zero attached hydrogens (tertiary/aromatic N) is 1. The molecule has 1 heterocycles. The molecule has 1 saturated heterocycles. The van der Waals surface area contributed by atoms with Crippen molar-refractivity contribution in [1.82, 2.24) is 4.90 Å². The Labute approximate surface area is 91.2 Å². The molecule has 1 atom stereocenters. The highest BCUT2D eigenvalue weighted by atomic mass is 16.6. The maximum absolute atomic E-state index is 11.2. The van der Waals surface area contributed by atoms with E-state index < -0.39 is 6.29 Å². The lowest BCUT2D eigenvalue weighted by Crippen LogP contribution is -2.43. The van der Waals surface area contributed by atoms with Crippen LogP contribution in [0.5, 0.6) is 0 Å². The molecule has 1 fully saturated rings. The number of rotatable bonds is 3. The van der Waals surface area contributed by atoms with Crippen LogP contribution in [0.25, 0.3) is 0 Å². The number of Topliss-reactive ketones (excluding diaryl/α,β-unsaturated/α-hetero) is 1. The standard InChI is InChI=1S/C11H21NO3/c1-11(2,3)15-10(14)8-12-6-4-5-9(13)7-12/h10,14H,4-8H2,1-3H3. The van der Waals surface area contributed by atoms with Crippen molar-refractivity contribution in [3.8, 4) is 0 Å². The van der Waals surface area contributed by atoms with Gasteiger partial charge in [0.2, 0.25) is 0 Å². The highest BCUT2D eigenvalue weighted by Crippen LogP contribution is 2.12. The zero-order valence-electron chi connectivity index (χ0n) is 9.82. The molecule has 1 rings (SSSR count). The van der Waals surface area contributed by atoms with Gasteiger partial charge in [-0.15, -0.1) is 0 Å². The Bertz CT molecular complexity index is 222. The van der Waals surface area contributed by atoms with Crippen molar-refractivity contribution in [1.29, 1.82) is 0 Å². The quantitative estimate of drug-likeness (QED) is 0.707. The Kier molecular flexibility index (Phi) is 4.25. The molecule has 15 heavy (non-hydrogen) atoms. The third-order valence-corrected chi connectivity index (χ3v) is 2.23. The number of piperidine rings is 1. The van der Waals surface area contributed by atoms with Gasteiger partial charge < -0.3 is 9.84 Å². The van der Waals surface area contributed by atoms with E-state index in [2.05, 4.69) is 0 Å². The normalized spacial score (nSPS) is 21.7. The summed E-state index contributed by atoms with van der Waals surface area (Å²) in [6.07, 6.45) is 0.754. The number of hydrogen-bond donors (Lipinski definition) is 1. The summed E-state index contributed by atoms with van der Waals surface area (Å²) in [5.41, 5.74) is -0.348. The lowest BCUT2D eigenvalue weighted by molar-refractivity contribution is -0.175. The maximum atomic E-state index is 11.2. The molecule has 0 aromatic heterocycles. The molecule has 4 heteroatoms. The summed E-state index contributed by atoms with van der Waals surface area (Å²) in [4.78, 5) is 13.1. The van der Waals surface area contributed by atoms with E-state index in [0.29, 0.717) is 19.5 Å². The second kappa shape index (κ2) is 5.05. The number of carbonyl (C=O) groups excluding carboxylic acids is 1. The van der Waals surface area contributed by atoms with Crippen molar-refractivity contribution < 1.29 is 14.6 Å². The molecule has 0 saturated carbocycles. The number of aliphatic hydroxyl groups is 1. The summed E-state index contributed by atoms with van der Waals surface area (Å²) in [5.74, 6) is 0.254. The molecule has 88 valence electrons. The Hall–Kier alpha value is -0.450. The first kappa shape index (κ1) is 12.6. The second-order valence-corrected chi connectivity index (χ2v) is 5.06. The summed E-state index contributed by atoms with van der Waals surface area (Å²) in [6, 6.07) is 0. The average molecular weight is 215 g/mol. The highest BCUT2D eigenvalue weighted by Gasteiger charge is 2.22. The van der Waals surface area contributed by atoms with Gasteiger partial charge in [0.05, 0.1) is 12.1 Å². The van der Waals surface area contributed by atoms with Gasteiger partial charge in [-0.2, -0.15) is 0 Å². The van der Waals surface area contributed by atoms with E-state index >= 15 is 0 Å². The summed E-state index contributed by atoms with van der Waals surface area (Å²) in [5, 5.41) is 9.65. The van der Waals surface area contributed by atoms with Crippen LogP contribution in [0.4, 0.5) is 0 Å². The van der Waals surface area contributed by atoms with Crippen LogP contribution in [-0.2, 0) is 9.53 Å². The monoisotopic (exact) mass is 215 g/mol. The molecule has 1 aliphatic heterocycles. The van der Waals surface area contributed by atoms with E-state index in [1.807, 2.05) is 25.7 Å². The van der Waals surface area contributed by atoms with Gasteiger partial charge in [0.15, 0.2) is 6.29 Å². The third-order valence-electron chi connectivity index (χ3n) is 2.23. The van der Waals surface area contributed by atoms with E-state index in [-0.39, 0.29) is 11.4 Å². The van der Waals surface area contributed by atoms with Crippen LogP contribution < -0.4 is 0 Å². The molecule has 0 radical (unpaired) electrons. The second-order valence-electron chi connectivity index (χ2n) is 5.06. The van der Waals surface area contributed by atoms with Crippen molar-refractivity contribution in [2.45, 2.75) is 45.5 Å². The summed E-state index contributed by atoms with van der Waals surface area (Å²) < 4.78 is 5.38. The van der Waals surface area contributed by atoms with Crippen LogP contribution in [0.2, 0.25) is 0 Å². The van der Waals surface area contributed by atoms with E-state index in [1.165, 1.54) is 0 Å². The van der Waals surface area contributed by atoms with E-state index in [9.17, 15) is 9.90 Å². The van der Waals surface area contributed by atoms with Crippen LogP contribution in [-0.4, -0.2) is 47.3 Å². The third kappa shape index (κ3) is 5.25. The molecule has 0 amide bonds. The van der Waals surface area contributed by atoms with Gasteiger partial charge >= 0.3 is 0 Å². The van der Waals surface area contributed by atoms with E-state index in [4.69, 9.17) is 4.74 Å². The van der Waals surface area contributed by atoms with Crippen LogP contribution >= 0.6 is 0 Å². The topological polar surface area (TPSA) is 49.8 Å².